The number of nitrogens with zero attached hydrogens (tertiary/aromatic N) is 3. The third-order valence-electron chi connectivity index (χ3n) is 5.05. The molecule has 1 N–H and O–H groups in total. The van der Waals surface area contributed by atoms with Gasteiger partial charge in [-0.3, -0.25) is 4.79 Å². The van der Waals surface area contributed by atoms with E-state index in [4.69, 9.17) is 16.0 Å². The highest BCUT2D eigenvalue weighted by molar-refractivity contribution is 6.33. The minimum absolute atomic E-state index is 0.0217. The van der Waals surface area contributed by atoms with E-state index in [0.29, 0.717) is 40.8 Å². The first-order valence-corrected chi connectivity index (χ1v) is 10.4. The Balaban J connectivity index is 1.33. The predicted octanol–water partition coefficient (Wildman–Crippen LogP) is 4.81. The first-order chi connectivity index (χ1) is 14.6. The molecule has 0 aliphatic carbocycles. The molecule has 0 atom stereocenters. The van der Waals surface area contributed by atoms with E-state index in [-0.39, 0.29) is 11.7 Å². The number of hydrogen-bond donors (Lipinski definition) is 1. The lowest BCUT2D eigenvalue weighted by molar-refractivity contribution is 0.0724. The molecule has 3 heterocycles. The molecule has 4 rings (SSSR count). The molecule has 6 nitrogen and oxygen atoms in total. The smallest absolute Gasteiger partial charge is 0.255 e. The van der Waals surface area contributed by atoms with Crippen LogP contribution >= 0.6 is 11.6 Å². The summed E-state index contributed by atoms with van der Waals surface area (Å²) in [4.78, 5) is 23.2. The Hall–Kier alpha value is -2.93. The fourth-order valence-corrected chi connectivity index (χ4v) is 3.65. The molecule has 0 radical (unpaired) electrons. The molecule has 1 aromatic carbocycles. The number of amides is 1. The van der Waals surface area contributed by atoms with Crippen LogP contribution in [0.1, 0.15) is 35.3 Å². The molecule has 156 valence electrons. The van der Waals surface area contributed by atoms with Crippen molar-refractivity contribution in [1.29, 1.82) is 0 Å². The fourth-order valence-electron chi connectivity index (χ4n) is 3.42. The standard InChI is InChI=1S/C22H22ClFN4O2/c23-19-12-16(22(29)28-10-2-1-3-11-28)13-26-20(19)25-9-8-18-14-30-21(27-18)15-4-6-17(24)7-5-15/h4-7,12-14H,1-3,8-11H2,(H,25,26). The molecule has 8 heteroatoms. The van der Waals surface area contributed by atoms with Gasteiger partial charge < -0.3 is 14.6 Å². The van der Waals surface area contributed by atoms with Crippen LogP contribution in [-0.2, 0) is 6.42 Å². The Bertz CT molecular complexity index is 1020. The normalized spacial score (nSPS) is 14.0. The Morgan fingerprint density at radius 2 is 1.97 bits per heavy atom. The highest BCUT2D eigenvalue weighted by atomic mass is 35.5. The molecule has 1 fully saturated rings. The largest absolute Gasteiger partial charge is 0.444 e. The van der Waals surface area contributed by atoms with Crippen molar-refractivity contribution in [3.8, 4) is 11.5 Å². The summed E-state index contributed by atoms with van der Waals surface area (Å²) in [7, 11) is 0. The van der Waals surface area contributed by atoms with Crippen LogP contribution in [0.2, 0.25) is 5.02 Å². The number of aromatic nitrogens is 2. The molecular formula is C22H22ClFN4O2. The van der Waals surface area contributed by atoms with Gasteiger partial charge in [-0.1, -0.05) is 11.6 Å². The predicted molar refractivity (Wildman–Crippen MR) is 113 cm³/mol. The Labute approximate surface area is 179 Å². The minimum atomic E-state index is -0.303. The first kappa shape index (κ1) is 20.3. The summed E-state index contributed by atoms with van der Waals surface area (Å²) in [5, 5.41) is 3.57. The lowest BCUT2D eigenvalue weighted by Gasteiger charge is -2.26. The molecule has 0 spiro atoms. The van der Waals surface area contributed by atoms with Crippen LogP contribution < -0.4 is 5.32 Å². The van der Waals surface area contributed by atoms with Crippen molar-refractivity contribution < 1.29 is 13.6 Å². The van der Waals surface area contributed by atoms with Crippen LogP contribution in [0.3, 0.4) is 0 Å². The van der Waals surface area contributed by atoms with E-state index >= 15 is 0 Å². The van der Waals surface area contributed by atoms with Crippen molar-refractivity contribution in [3.05, 3.63) is 64.9 Å². The topological polar surface area (TPSA) is 71.3 Å². The van der Waals surface area contributed by atoms with Crippen LogP contribution in [0, 0.1) is 5.82 Å². The highest BCUT2D eigenvalue weighted by Gasteiger charge is 2.19. The highest BCUT2D eigenvalue weighted by Crippen LogP contribution is 2.23. The number of anilines is 1. The second kappa shape index (κ2) is 9.26. The molecule has 1 aliphatic rings. The SMILES string of the molecule is O=C(c1cnc(NCCc2coc(-c3ccc(F)cc3)n2)c(Cl)c1)N1CCCCC1. The summed E-state index contributed by atoms with van der Waals surface area (Å²) in [6.07, 6.45) is 6.98. The van der Waals surface area contributed by atoms with Gasteiger partial charge in [0.2, 0.25) is 5.89 Å². The van der Waals surface area contributed by atoms with Crippen molar-refractivity contribution in [2.75, 3.05) is 25.0 Å². The molecule has 2 aromatic heterocycles. The van der Waals surface area contributed by atoms with Gasteiger partial charge in [-0.25, -0.2) is 14.4 Å². The van der Waals surface area contributed by atoms with Gasteiger partial charge >= 0.3 is 0 Å². The first-order valence-electron chi connectivity index (χ1n) is 9.99. The van der Waals surface area contributed by atoms with E-state index in [1.165, 1.54) is 18.6 Å². The zero-order chi connectivity index (χ0) is 20.9. The fraction of sp³-hybridized carbons (Fsp3) is 0.318. The number of oxazole rings is 1. The van der Waals surface area contributed by atoms with E-state index in [1.54, 1.807) is 30.7 Å². The Morgan fingerprint density at radius 3 is 2.70 bits per heavy atom. The second-order valence-electron chi connectivity index (χ2n) is 7.23. The molecular weight excluding hydrogens is 407 g/mol. The number of hydrogen-bond acceptors (Lipinski definition) is 5. The van der Waals surface area contributed by atoms with Crippen molar-refractivity contribution in [3.63, 3.8) is 0 Å². The monoisotopic (exact) mass is 428 g/mol. The van der Waals surface area contributed by atoms with Gasteiger partial charge in [0, 0.05) is 37.8 Å². The summed E-state index contributed by atoms with van der Waals surface area (Å²) in [6.45, 7) is 2.11. The lowest BCUT2D eigenvalue weighted by Crippen LogP contribution is -2.35. The number of likely N-dealkylation sites (tertiary alicyclic amines) is 1. The van der Waals surface area contributed by atoms with E-state index in [0.717, 1.165) is 31.6 Å². The van der Waals surface area contributed by atoms with Gasteiger partial charge in [0.25, 0.3) is 5.91 Å². The van der Waals surface area contributed by atoms with Gasteiger partial charge in [0.05, 0.1) is 16.3 Å². The maximum Gasteiger partial charge on any atom is 0.255 e. The van der Waals surface area contributed by atoms with Gasteiger partial charge in [0.1, 0.15) is 17.9 Å². The number of rotatable bonds is 6. The average molecular weight is 429 g/mol. The van der Waals surface area contributed by atoms with E-state index in [2.05, 4.69) is 15.3 Å². The number of halogens is 2. The molecule has 3 aromatic rings. The van der Waals surface area contributed by atoms with Crippen molar-refractivity contribution in [2.24, 2.45) is 0 Å². The minimum Gasteiger partial charge on any atom is -0.444 e. The van der Waals surface area contributed by atoms with Crippen LogP contribution in [0.25, 0.3) is 11.5 Å². The zero-order valence-electron chi connectivity index (χ0n) is 16.4. The zero-order valence-corrected chi connectivity index (χ0v) is 17.2. The van der Waals surface area contributed by atoms with Gasteiger partial charge in [-0.05, 0) is 49.6 Å². The van der Waals surface area contributed by atoms with Gasteiger partial charge in [-0.2, -0.15) is 0 Å². The average Bonchev–Trinajstić information content (AvgIpc) is 3.24. The van der Waals surface area contributed by atoms with Gasteiger partial charge in [0.15, 0.2) is 0 Å². The Morgan fingerprint density at radius 1 is 1.20 bits per heavy atom. The van der Waals surface area contributed by atoms with Gasteiger partial charge in [-0.15, -0.1) is 0 Å². The number of carbonyl (C=O) groups excluding carboxylic acids is 1. The molecule has 1 amide bonds. The quantitative estimate of drug-likeness (QED) is 0.610. The summed E-state index contributed by atoms with van der Waals surface area (Å²) in [5.41, 5.74) is 1.98. The van der Waals surface area contributed by atoms with Crippen molar-refractivity contribution >= 4 is 23.3 Å². The van der Waals surface area contributed by atoms with Crippen molar-refractivity contribution in [2.45, 2.75) is 25.7 Å². The third kappa shape index (κ3) is 4.79. The van der Waals surface area contributed by atoms with Crippen LogP contribution in [0.4, 0.5) is 10.2 Å². The van der Waals surface area contributed by atoms with Crippen LogP contribution in [-0.4, -0.2) is 40.4 Å². The molecule has 0 unspecified atom stereocenters. The lowest BCUT2D eigenvalue weighted by atomic mass is 10.1. The molecule has 30 heavy (non-hydrogen) atoms. The van der Waals surface area contributed by atoms with Crippen LogP contribution in [0.15, 0.2) is 47.2 Å². The van der Waals surface area contributed by atoms with E-state index in [1.807, 2.05) is 4.90 Å². The molecule has 0 saturated carbocycles. The van der Waals surface area contributed by atoms with Crippen molar-refractivity contribution in [1.82, 2.24) is 14.9 Å². The summed E-state index contributed by atoms with van der Waals surface area (Å²) in [5.74, 6) is 0.644. The summed E-state index contributed by atoms with van der Waals surface area (Å²) >= 11 is 6.33. The third-order valence-corrected chi connectivity index (χ3v) is 5.34. The molecule has 1 saturated heterocycles. The number of carbonyl (C=O) groups is 1. The molecule has 1 aliphatic heterocycles. The number of pyridine rings is 1. The Kier molecular flexibility index (Phi) is 6.28. The number of piperidine rings is 1. The summed E-state index contributed by atoms with van der Waals surface area (Å²) in [6, 6.07) is 7.65. The number of nitrogens with one attached hydrogen (secondary N) is 1. The maximum absolute atomic E-state index is 13.0. The number of benzene rings is 1. The van der Waals surface area contributed by atoms with Crippen LogP contribution in [0.5, 0.6) is 0 Å². The van der Waals surface area contributed by atoms with E-state index < -0.39 is 0 Å². The molecule has 0 bridgehead atoms. The van der Waals surface area contributed by atoms with E-state index in [9.17, 15) is 9.18 Å². The summed E-state index contributed by atoms with van der Waals surface area (Å²) < 4.78 is 18.5. The maximum atomic E-state index is 13.0. The second-order valence-corrected chi connectivity index (χ2v) is 7.64.